The molecule has 0 unspecified atom stereocenters. The second kappa shape index (κ2) is 12.4. The second-order valence-electron chi connectivity index (χ2n) is 13.1. The lowest BCUT2D eigenvalue weighted by Gasteiger charge is -2.46. The number of ether oxygens (including phenoxy) is 2. The number of aryl methyl sites for hydroxylation is 1. The fourth-order valence-corrected chi connectivity index (χ4v) is 8.00. The number of nitrogens with one attached hydrogen (secondary N) is 1. The van der Waals surface area contributed by atoms with Gasteiger partial charge in [-0.2, -0.15) is 0 Å². The minimum Gasteiger partial charge on any atom is -0.490 e. The first-order valence-corrected chi connectivity index (χ1v) is 16.2. The summed E-state index contributed by atoms with van der Waals surface area (Å²) in [6.07, 6.45) is 9.73. The Morgan fingerprint density at radius 1 is 1.20 bits per heavy atom. The third-order valence-corrected chi connectivity index (χ3v) is 10.8. The van der Waals surface area contributed by atoms with E-state index in [4.69, 9.17) is 21.1 Å². The van der Waals surface area contributed by atoms with Gasteiger partial charge in [0.15, 0.2) is 5.60 Å². The van der Waals surface area contributed by atoms with Crippen LogP contribution < -0.4 is 15.0 Å². The van der Waals surface area contributed by atoms with E-state index < -0.39 is 11.5 Å². The molecule has 9 heteroatoms. The molecule has 2 bridgehead atoms. The Hall–Kier alpha value is -3.07. The zero-order chi connectivity index (χ0) is 31.1. The number of aliphatic hydroxyl groups is 1. The van der Waals surface area contributed by atoms with Crippen LogP contribution in [0.3, 0.4) is 0 Å². The van der Waals surface area contributed by atoms with Gasteiger partial charge in [-0.15, -0.1) is 0 Å². The van der Waals surface area contributed by atoms with Crippen molar-refractivity contribution in [2.75, 3.05) is 52.3 Å². The minimum absolute atomic E-state index is 0.00143. The lowest BCUT2D eigenvalue weighted by atomic mass is 9.68. The van der Waals surface area contributed by atoms with Gasteiger partial charge < -0.3 is 29.7 Å². The molecule has 6 rings (SSSR count). The van der Waals surface area contributed by atoms with E-state index in [-0.39, 0.29) is 23.8 Å². The van der Waals surface area contributed by atoms with Gasteiger partial charge in [-0.05, 0) is 91.3 Å². The zero-order valence-electron chi connectivity index (χ0n) is 26.0. The quantitative estimate of drug-likeness (QED) is 0.477. The van der Waals surface area contributed by atoms with Gasteiger partial charge in [-0.1, -0.05) is 35.9 Å². The average molecular weight is 622 g/mol. The summed E-state index contributed by atoms with van der Waals surface area (Å²) < 4.78 is 12.6. The number of anilines is 1. The van der Waals surface area contributed by atoms with Gasteiger partial charge in [-0.3, -0.25) is 9.59 Å². The third-order valence-electron chi connectivity index (χ3n) is 10.5. The van der Waals surface area contributed by atoms with E-state index in [9.17, 15) is 14.7 Å². The van der Waals surface area contributed by atoms with Crippen LogP contribution in [0, 0.1) is 11.8 Å². The van der Waals surface area contributed by atoms with Crippen molar-refractivity contribution in [1.29, 1.82) is 0 Å². The second-order valence-corrected chi connectivity index (χ2v) is 13.6. The number of methoxy groups -OCH3 is 1. The molecule has 44 heavy (non-hydrogen) atoms. The molecule has 2 heterocycles. The number of rotatable bonds is 2. The van der Waals surface area contributed by atoms with Crippen LogP contribution >= 0.6 is 11.6 Å². The number of halogens is 1. The Kier molecular flexibility index (Phi) is 8.70. The van der Waals surface area contributed by atoms with Gasteiger partial charge in [0.2, 0.25) is 5.91 Å². The molecule has 0 aromatic heterocycles. The van der Waals surface area contributed by atoms with Gasteiger partial charge >= 0.3 is 0 Å². The largest absolute Gasteiger partial charge is 0.490 e. The molecule has 2 aromatic carbocycles. The molecule has 236 valence electrons. The number of amides is 2. The number of carbonyl (C=O) groups is 2. The van der Waals surface area contributed by atoms with Gasteiger partial charge in [0.1, 0.15) is 5.75 Å². The zero-order valence-corrected chi connectivity index (χ0v) is 26.7. The number of benzene rings is 2. The minimum atomic E-state index is -2.04. The highest BCUT2D eigenvalue weighted by molar-refractivity contribution is 6.30. The Morgan fingerprint density at radius 3 is 2.80 bits per heavy atom. The van der Waals surface area contributed by atoms with Crippen LogP contribution in [0.4, 0.5) is 5.69 Å². The molecular weight excluding hydrogens is 578 g/mol. The summed E-state index contributed by atoms with van der Waals surface area (Å²) in [6, 6.07) is 11.7. The number of hydrogen-bond acceptors (Lipinski definition) is 6. The molecular formula is C35H44ClN3O5. The normalized spacial score (nSPS) is 31.2. The maximum Gasteiger partial charge on any atom is 0.256 e. The molecule has 2 aliphatic carbocycles. The fraction of sp³-hybridized carbons (Fsp3) is 0.543. The van der Waals surface area contributed by atoms with Crippen molar-refractivity contribution in [2.24, 2.45) is 11.8 Å². The number of nitrogens with zero attached hydrogens (tertiary/aromatic N) is 2. The monoisotopic (exact) mass is 621 g/mol. The smallest absolute Gasteiger partial charge is 0.256 e. The first-order chi connectivity index (χ1) is 21.2. The first kappa shape index (κ1) is 30.9. The molecule has 0 radical (unpaired) electrons. The number of likely N-dealkylation sites (N-methyl/N-ethyl adjacent to an activating group) is 1. The third kappa shape index (κ3) is 5.61. The van der Waals surface area contributed by atoms with Crippen LogP contribution in [0.25, 0.3) is 0 Å². The summed E-state index contributed by atoms with van der Waals surface area (Å²) in [4.78, 5) is 30.6. The molecule has 1 spiro atoms. The van der Waals surface area contributed by atoms with E-state index in [1.807, 2.05) is 18.2 Å². The summed E-state index contributed by atoms with van der Waals surface area (Å²) in [5, 5.41) is 15.3. The predicted octanol–water partition coefficient (Wildman–Crippen LogP) is 4.60. The number of hydrogen-bond donors (Lipinski definition) is 2. The van der Waals surface area contributed by atoms with Gasteiger partial charge in [0, 0.05) is 51.3 Å². The Labute approximate surface area is 265 Å². The predicted molar refractivity (Wildman–Crippen MR) is 171 cm³/mol. The summed E-state index contributed by atoms with van der Waals surface area (Å²) in [5.41, 5.74) is 1.50. The lowest BCUT2D eigenvalue weighted by Crippen LogP contribution is -2.50. The van der Waals surface area contributed by atoms with E-state index in [0.717, 1.165) is 61.7 Å². The van der Waals surface area contributed by atoms with E-state index in [1.165, 1.54) is 18.2 Å². The summed E-state index contributed by atoms with van der Waals surface area (Å²) >= 11 is 6.43. The maximum atomic E-state index is 13.4. The average Bonchev–Trinajstić information content (AvgIpc) is 3.16. The molecule has 2 amide bonds. The van der Waals surface area contributed by atoms with Crippen LogP contribution in [0.15, 0.2) is 48.6 Å². The fourth-order valence-electron chi connectivity index (χ4n) is 7.80. The first-order valence-electron chi connectivity index (χ1n) is 15.9. The number of carbonyl (C=O) groups excluding carboxylic acids is 2. The molecule has 5 atom stereocenters. The van der Waals surface area contributed by atoms with Crippen molar-refractivity contribution < 1.29 is 24.2 Å². The van der Waals surface area contributed by atoms with Crippen molar-refractivity contribution in [2.45, 2.75) is 62.1 Å². The van der Waals surface area contributed by atoms with Gasteiger partial charge in [0.25, 0.3) is 5.91 Å². The Bertz CT molecular complexity index is 1450. The van der Waals surface area contributed by atoms with Crippen molar-refractivity contribution >= 4 is 29.1 Å². The molecule has 2 aliphatic heterocycles. The number of fused-ring (bicyclic) bond motifs is 4. The van der Waals surface area contributed by atoms with Gasteiger partial charge in [-0.25, -0.2) is 0 Å². The van der Waals surface area contributed by atoms with Crippen molar-refractivity contribution in [3.05, 3.63) is 70.3 Å². The van der Waals surface area contributed by atoms with Crippen LogP contribution in [-0.2, 0) is 31.8 Å². The molecule has 2 N–H and O–H groups in total. The van der Waals surface area contributed by atoms with Crippen LogP contribution in [0.1, 0.15) is 55.2 Å². The SMILES string of the molecule is CNC(=O)[C@@]1(O)CC(=O)N(C)CC/C=C\[C@H](OC)[C@@H]2CC[C@H]2CN2C[C@@]3(CCCc4cc(Cl)ccc43)COc3ccc1cc32. The van der Waals surface area contributed by atoms with Crippen molar-refractivity contribution in [3.8, 4) is 5.75 Å². The Balaban J connectivity index is 1.47. The van der Waals surface area contributed by atoms with E-state index >= 15 is 0 Å². The topological polar surface area (TPSA) is 91.3 Å². The van der Waals surface area contributed by atoms with Crippen molar-refractivity contribution in [3.63, 3.8) is 0 Å². The molecule has 0 saturated heterocycles. The molecule has 4 aliphatic rings. The van der Waals surface area contributed by atoms with E-state index in [0.29, 0.717) is 37.0 Å². The lowest BCUT2D eigenvalue weighted by molar-refractivity contribution is -0.149. The van der Waals surface area contributed by atoms with E-state index in [1.54, 1.807) is 25.1 Å². The summed E-state index contributed by atoms with van der Waals surface area (Å²) in [7, 11) is 4.97. The van der Waals surface area contributed by atoms with Crippen LogP contribution in [0.5, 0.6) is 5.75 Å². The highest BCUT2D eigenvalue weighted by atomic mass is 35.5. The maximum absolute atomic E-state index is 13.4. The van der Waals surface area contributed by atoms with Crippen LogP contribution in [0.2, 0.25) is 5.02 Å². The highest BCUT2D eigenvalue weighted by Gasteiger charge is 2.46. The van der Waals surface area contributed by atoms with Crippen molar-refractivity contribution in [1.82, 2.24) is 10.2 Å². The molecule has 1 fully saturated rings. The molecule has 1 saturated carbocycles. The van der Waals surface area contributed by atoms with E-state index in [2.05, 4.69) is 34.5 Å². The molecule has 2 aromatic rings. The Morgan fingerprint density at radius 2 is 2.05 bits per heavy atom. The molecule has 8 nitrogen and oxygen atoms in total. The summed E-state index contributed by atoms with van der Waals surface area (Å²) in [6.45, 7) is 2.52. The highest BCUT2D eigenvalue weighted by Crippen LogP contribution is 2.47. The standard InChI is InChI=1S/C35H44ClN3O5/c1-37-33(41)35(42)19-32(40)38(2)16-5-4-8-30(43-3)27-12-9-24(27)20-39-21-34(22-44-31-14-10-25(35)18-29(31)39)15-6-7-23-17-26(36)11-13-28(23)34/h4,8,10-11,13-14,17-18,24,27,30,42H,5-7,9,12,15-16,19-22H2,1-3H3,(H,37,41)/b8-4-/t24-,27+,30-,34-,35+/m0/s1. The van der Waals surface area contributed by atoms with Crippen LogP contribution in [-0.4, -0.2) is 75.4 Å². The van der Waals surface area contributed by atoms with Gasteiger partial charge in [0.05, 0.1) is 24.8 Å². The summed E-state index contributed by atoms with van der Waals surface area (Å²) in [5.74, 6) is 0.570.